The molecule has 0 saturated carbocycles. The summed E-state index contributed by atoms with van der Waals surface area (Å²) in [5.74, 6) is 0.840. The van der Waals surface area contributed by atoms with Crippen LogP contribution in [0.4, 0.5) is 0 Å². The topological polar surface area (TPSA) is 27.6 Å². The quantitative estimate of drug-likeness (QED) is 0.636. The Bertz CT molecular complexity index is 194. The highest BCUT2D eigenvalue weighted by Crippen LogP contribution is 2.12. The molecular formula is C9H17N3. The van der Waals surface area contributed by atoms with Crippen LogP contribution in [0.25, 0.3) is 0 Å². The summed E-state index contributed by atoms with van der Waals surface area (Å²) < 4.78 is 0. The van der Waals surface area contributed by atoms with Crippen LogP contribution in [0.5, 0.6) is 0 Å². The van der Waals surface area contributed by atoms with E-state index in [0.717, 1.165) is 18.1 Å². The molecule has 1 rings (SSSR count). The van der Waals surface area contributed by atoms with Gasteiger partial charge in [0.1, 0.15) is 5.82 Å². The second kappa shape index (κ2) is 5.55. The van der Waals surface area contributed by atoms with E-state index < -0.39 is 0 Å². The smallest absolute Gasteiger partial charge is 0.143 e. The Kier molecular flexibility index (Phi) is 5.04. The van der Waals surface area contributed by atoms with Crippen LogP contribution in [0.2, 0.25) is 0 Å². The molecule has 68 valence electrons. The van der Waals surface area contributed by atoms with E-state index in [1.807, 2.05) is 31.9 Å². The molecule has 0 atom stereocenters. The third-order valence-electron chi connectivity index (χ3n) is 1.31. The van der Waals surface area contributed by atoms with Crippen molar-refractivity contribution in [3.63, 3.8) is 0 Å². The van der Waals surface area contributed by atoms with Gasteiger partial charge in [0.2, 0.25) is 0 Å². The first-order valence-electron chi connectivity index (χ1n) is 4.11. The summed E-state index contributed by atoms with van der Waals surface area (Å²) in [6, 6.07) is 0. The number of hydrazine groups is 1. The third-order valence-corrected chi connectivity index (χ3v) is 1.31. The molecule has 0 aromatic carbocycles. The van der Waals surface area contributed by atoms with Crippen molar-refractivity contribution in [1.82, 2.24) is 10.4 Å². The zero-order valence-electron chi connectivity index (χ0n) is 8.09. The van der Waals surface area contributed by atoms with Crippen LogP contribution in [0, 0.1) is 0 Å². The Balaban J connectivity index is 0.000000561. The zero-order chi connectivity index (χ0) is 9.56. The fraction of sp³-hybridized carbons (Fsp3) is 0.444. The first-order chi connectivity index (χ1) is 5.75. The molecule has 0 bridgehead atoms. The van der Waals surface area contributed by atoms with E-state index in [-0.39, 0.29) is 0 Å². The van der Waals surface area contributed by atoms with Crippen molar-refractivity contribution in [1.29, 1.82) is 0 Å². The van der Waals surface area contributed by atoms with E-state index in [0.29, 0.717) is 0 Å². The van der Waals surface area contributed by atoms with Crippen molar-refractivity contribution < 1.29 is 0 Å². The number of allylic oxidation sites excluding steroid dienone is 1. The lowest BCUT2D eigenvalue weighted by molar-refractivity contribution is 0.355. The van der Waals surface area contributed by atoms with E-state index in [2.05, 4.69) is 23.7 Å². The maximum absolute atomic E-state index is 3.80. The van der Waals surface area contributed by atoms with Gasteiger partial charge >= 0.3 is 0 Å². The molecule has 3 nitrogen and oxygen atoms in total. The van der Waals surface area contributed by atoms with E-state index >= 15 is 0 Å². The molecular weight excluding hydrogens is 150 g/mol. The number of nitrogens with one attached hydrogen (secondary N) is 1. The van der Waals surface area contributed by atoms with E-state index in [4.69, 9.17) is 0 Å². The predicted octanol–water partition coefficient (Wildman–Crippen LogP) is 1.91. The number of hydrogen-bond donors (Lipinski definition) is 1. The Morgan fingerprint density at radius 3 is 2.58 bits per heavy atom. The number of aliphatic imine (C=N–C) groups is 1. The Morgan fingerprint density at radius 2 is 2.25 bits per heavy atom. The van der Waals surface area contributed by atoms with Crippen LogP contribution in [-0.4, -0.2) is 18.3 Å². The van der Waals surface area contributed by atoms with Crippen LogP contribution < -0.4 is 5.43 Å². The van der Waals surface area contributed by atoms with Crippen molar-refractivity contribution in [3.8, 4) is 0 Å². The molecule has 3 heteroatoms. The lowest BCUT2D eigenvalue weighted by Crippen LogP contribution is -2.28. The molecule has 0 spiro atoms. The van der Waals surface area contributed by atoms with Crippen molar-refractivity contribution in [2.45, 2.75) is 20.8 Å². The summed E-state index contributed by atoms with van der Waals surface area (Å²) in [6.45, 7) is 13.9. The molecule has 0 saturated heterocycles. The summed E-state index contributed by atoms with van der Waals surface area (Å²) >= 11 is 0. The van der Waals surface area contributed by atoms with E-state index in [1.165, 1.54) is 0 Å². The third kappa shape index (κ3) is 2.51. The number of hydrogen-bond acceptors (Lipinski definition) is 3. The van der Waals surface area contributed by atoms with Gasteiger partial charge in [-0.25, -0.2) is 10.4 Å². The molecule has 0 amide bonds. The van der Waals surface area contributed by atoms with Gasteiger partial charge in [-0.3, -0.25) is 5.01 Å². The molecule has 0 fully saturated rings. The summed E-state index contributed by atoms with van der Waals surface area (Å²) in [4.78, 5) is 3.80. The Labute approximate surface area is 74.5 Å². The molecule has 0 radical (unpaired) electrons. The summed E-state index contributed by atoms with van der Waals surface area (Å²) in [5, 5.41) is 1.81. The van der Waals surface area contributed by atoms with Gasteiger partial charge in [0.15, 0.2) is 0 Å². The molecule has 0 aromatic rings. The van der Waals surface area contributed by atoms with Crippen LogP contribution in [0.3, 0.4) is 0 Å². The van der Waals surface area contributed by atoms with E-state index in [1.54, 1.807) is 0 Å². The van der Waals surface area contributed by atoms with Crippen LogP contribution in [0.15, 0.2) is 29.2 Å². The normalized spacial score (nSPS) is 14.6. The van der Waals surface area contributed by atoms with Gasteiger partial charge in [-0.2, -0.15) is 0 Å². The predicted molar refractivity (Wildman–Crippen MR) is 53.6 cm³/mol. The van der Waals surface area contributed by atoms with Gasteiger partial charge in [0.25, 0.3) is 0 Å². The summed E-state index contributed by atoms with van der Waals surface area (Å²) in [7, 11) is 0. The molecule has 1 heterocycles. The highest BCUT2D eigenvalue weighted by molar-refractivity contribution is 5.30. The van der Waals surface area contributed by atoms with Gasteiger partial charge in [-0.15, -0.1) is 0 Å². The molecule has 12 heavy (non-hydrogen) atoms. The summed E-state index contributed by atoms with van der Waals surface area (Å²) in [6.07, 6.45) is 1.96. The molecule has 1 N–H and O–H groups in total. The standard InChI is InChI=1S/C7H11N3.C2H6/c1-6(2)10-7(8-3)4-5-9-10;1-2/h4,9H,1,3,5H2,2H3;1-2H3. The van der Waals surface area contributed by atoms with Crippen molar-refractivity contribution in [2.75, 3.05) is 6.54 Å². The molecule has 0 aromatic heterocycles. The second-order valence-electron chi connectivity index (χ2n) is 2.15. The molecule has 0 aliphatic carbocycles. The largest absolute Gasteiger partial charge is 0.265 e. The van der Waals surface area contributed by atoms with Crippen molar-refractivity contribution in [3.05, 3.63) is 24.2 Å². The lowest BCUT2D eigenvalue weighted by atomic mass is 10.5. The fourth-order valence-corrected chi connectivity index (χ4v) is 0.866. The van der Waals surface area contributed by atoms with Gasteiger partial charge in [-0.1, -0.05) is 20.4 Å². The van der Waals surface area contributed by atoms with Crippen LogP contribution in [0.1, 0.15) is 20.8 Å². The van der Waals surface area contributed by atoms with Gasteiger partial charge in [-0.05, 0) is 19.7 Å². The molecule has 1 aliphatic rings. The average Bonchev–Trinajstić information content (AvgIpc) is 2.55. The molecule has 0 unspecified atom stereocenters. The maximum atomic E-state index is 3.80. The highest BCUT2D eigenvalue weighted by atomic mass is 15.6. The number of rotatable bonds is 2. The van der Waals surface area contributed by atoms with Crippen molar-refractivity contribution in [2.24, 2.45) is 4.99 Å². The Morgan fingerprint density at radius 1 is 1.67 bits per heavy atom. The van der Waals surface area contributed by atoms with E-state index in [9.17, 15) is 0 Å². The van der Waals surface area contributed by atoms with Gasteiger partial charge in [0, 0.05) is 12.2 Å². The lowest BCUT2D eigenvalue weighted by Gasteiger charge is -2.18. The highest BCUT2D eigenvalue weighted by Gasteiger charge is 2.12. The van der Waals surface area contributed by atoms with Crippen molar-refractivity contribution >= 4 is 6.72 Å². The van der Waals surface area contributed by atoms with Gasteiger partial charge < -0.3 is 0 Å². The maximum Gasteiger partial charge on any atom is 0.143 e. The van der Waals surface area contributed by atoms with Gasteiger partial charge in [0.05, 0.1) is 0 Å². The minimum absolute atomic E-state index is 0.807. The molecule has 1 aliphatic heterocycles. The minimum Gasteiger partial charge on any atom is -0.265 e. The second-order valence-corrected chi connectivity index (χ2v) is 2.15. The van der Waals surface area contributed by atoms with Crippen LogP contribution >= 0.6 is 0 Å². The first kappa shape index (κ1) is 10.9. The number of nitrogens with zero attached hydrogens (tertiary/aromatic N) is 2. The van der Waals surface area contributed by atoms with Crippen LogP contribution in [-0.2, 0) is 0 Å². The SMILES string of the molecule is C=NC1=CCNN1C(=C)C.CC. The monoisotopic (exact) mass is 167 g/mol. The minimum atomic E-state index is 0.807. The first-order valence-corrected chi connectivity index (χ1v) is 4.11. The summed E-state index contributed by atoms with van der Waals surface area (Å²) in [5.41, 5.74) is 3.99. The Hall–Kier alpha value is -1.09. The average molecular weight is 167 g/mol. The zero-order valence-corrected chi connectivity index (χ0v) is 8.09. The fourth-order valence-electron chi connectivity index (χ4n) is 0.866.